The second kappa shape index (κ2) is 10.8. The zero-order valence-corrected chi connectivity index (χ0v) is 18.2. The number of methoxy groups -OCH3 is 1. The number of H-pyrrole nitrogens is 1. The van der Waals surface area contributed by atoms with Gasteiger partial charge in [0.25, 0.3) is 0 Å². The molecule has 0 radical (unpaired) electrons. The van der Waals surface area contributed by atoms with Crippen molar-refractivity contribution in [2.45, 2.75) is 19.9 Å². The molecule has 2 aromatic carbocycles. The molecule has 33 heavy (non-hydrogen) atoms. The van der Waals surface area contributed by atoms with E-state index in [0.717, 1.165) is 11.1 Å². The Bertz CT molecular complexity index is 1200. The average Bonchev–Trinajstić information content (AvgIpc) is 2.76. The van der Waals surface area contributed by atoms with Crippen LogP contribution in [0.3, 0.4) is 0 Å². The summed E-state index contributed by atoms with van der Waals surface area (Å²) in [6.45, 7) is 2.29. The summed E-state index contributed by atoms with van der Waals surface area (Å²) in [5.74, 6) is -0.679. The number of hydrogen-bond donors (Lipinski definition) is 4. The number of rotatable bonds is 9. The van der Waals surface area contributed by atoms with Crippen LogP contribution in [-0.2, 0) is 11.3 Å². The van der Waals surface area contributed by atoms with E-state index in [1.165, 1.54) is 7.11 Å². The highest BCUT2D eigenvalue weighted by Gasteiger charge is 2.16. The van der Waals surface area contributed by atoms with Gasteiger partial charge in [0, 0.05) is 13.1 Å². The minimum Gasteiger partial charge on any atom is -0.495 e. The molecule has 2 amide bonds. The van der Waals surface area contributed by atoms with Crippen LogP contribution >= 0.6 is 0 Å². The van der Waals surface area contributed by atoms with Crippen molar-refractivity contribution in [1.29, 1.82) is 0 Å². The number of aromatic nitrogens is 3. The molecular formula is C22H24N6O5. The maximum absolute atomic E-state index is 12.4. The van der Waals surface area contributed by atoms with E-state index in [-0.39, 0.29) is 31.4 Å². The van der Waals surface area contributed by atoms with Gasteiger partial charge in [-0.1, -0.05) is 42.0 Å². The van der Waals surface area contributed by atoms with Gasteiger partial charge in [-0.2, -0.15) is 9.97 Å². The molecule has 0 fully saturated rings. The molecule has 0 bridgehead atoms. The van der Waals surface area contributed by atoms with E-state index < -0.39 is 17.7 Å². The first-order valence-corrected chi connectivity index (χ1v) is 10.1. The molecule has 3 rings (SSSR count). The number of anilines is 3. The topological polar surface area (TPSA) is 150 Å². The molecule has 0 unspecified atom stereocenters. The number of aromatic amines is 1. The van der Waals surface area contributed by atoms with Gasteiger partial charge in [0.05, 0.1) is 19.2 Å². The number of nitrogens with zero attached hydrogens (tertiary/aromatic N) is 3. The molecule has 1 heterocycles. The van der Waals surface area contributed by atoms with Crippen molar-refractivity contribution in [3.63, 3.8) is 0 Å². The number of aryl methyl sites for hydroxylation is 1. The number of urea groups is 1. The van der Waals surface area contributed by atoms with Crippen LogP contribution < -0.4 is 26.0 Å². The molecule has 11 nitrogen and oxygen atoms in total. The van der Waals surface area contributed by atoms with Crippen LogP contribution in [0, 0.1) is 6.92 Å². The second-order valence-electron chi connectivity index (χ2n) is 7.14. The number of ether oxygens (including phenoxy) is 1. The highest BCUT2D eigenvalue weighted by molar-refractivity contribution is 5.99. The predicted molar refractivity (Wildman–Crippen MR) is 123 cm³/mol. The lowest BCUT2D eigenvalue weighted by Crippen LogP contribution is -2.31. The molecule has 0 spiro atoms. The monoisotopic (exact) mass is 452 g/mol. The fourth-order valence-electron chi connectivity index (χ4n) is 3.09. The fourth-order valence-corrected chi connectivity index (χ4v) is 3.09. The van der Waals surface area contributed by atoms with Crippen LogP contribution in [0.15, 0.2) is 53.3 Å². The summed E-state index contributed by atoms with van der Waals surface area (Å²) in [5.41, 5.74) is 1.62. The summed E-state index contributed by atoms with van der Waals surface area (Å²) in [5, 5.41) is 14.2. The molecule has 0 saturated heterocycles. The van der Waals surface area contributed by atoms with E-state index in [2.05, 4.69) is 25.6 Å². The van der Waals surface area contributed by atoms with Crippen LogP contribution in [-0.4, -0.2) is 45.7 Å². The largest absolute Gasteiger partial charge is 0.495 e. The number of hydrogen-bond acceptors (Lipinski definition) is 7. The van der Waals surface area contributed by atoms with Gasteiger partial charge >= 0.3 is 17.7 Å². The van der Waals surface area contributed by atoms with Crippen molar-refractivity contribution in [3.05, 3.63) is 70.1 Å². The molecule has 0 aliphatic rings. The Balaban J connectivity index is 1.82. The predicted octanol–water partition coefficient (Wildman–Crippen LogP) is 2.61. The molecule has 172 valence electrons. The zero-order valence-electron chi connectivity index (χ0n) is 18.2. The summed E-state index contributed by atoms with van der Waals surface area (Å²) < 4.78 is 5.20. The van der Waals surface area contributed by atoms with Crippen LogP contribution in [0.5, 0.6) is 5.75 Å². The third kappa shape index (κ3) is 6.79. The summed E-state index contributed by atoms with van der Waals surface area (Å²) in [6.07, 6.45) is -0.182. The summed E-state index contributed by atoms with van der Waals surface area (Å²) >= 11 is 0. The Labute approximate surface area is 189 Å². The lowest BCUT2D eigenvalue weighted by Gasteiger charge is -2.22. The van der Waals surface area contributed by atoms with Crippen molar-refractivity contribution in [1.82, 2.24) is 15.0 Å². The molecule has 0 aliphatic carbocycles. The third-order valence-electron chi connectivity index (χ3n) is 4.56. The first-order valence-electron chi connectivity index (χ1n) is 10.1. The molecule has 0 aliphatic heterocycles. The zero-order chi connectivity index (χ0) is 23.8. The molecule has 1 aromatic heterocycles. The van der Waals surface area contributed by atoms with E-state index in [0.29, 0.717) is 11.4 Å². The first-order chi connectivity index (χ1) is 15.8. The normalized spacial score (nSPS) is 10.4. The number of amides is 2. The quantitative estimate of drug-likeness (QED) is 0.387. The molecule has 0 saturated carbocycles. The Morgan fingerprint density at radius 3 is 2.64 bits per heavy atom. The van der Waals surface area contributed by atoms with Gasteiger partial charge in [0.15, 0.2) is 0 Å². The number of nitrogens with one attached hydrogen (secondary N) is 3. The number of aliphatic carboxylic acids is 1. The molecule has 11 heteroatoms. The Kier molecular flexibility index (Phi) is 7.58. The molecule has 4 N–H and O–H groups in total. The van der Waals surface area contributed by atoms with Crippen molar-refractivity contribution < 1.29 is 19.4 Å². The molecular weight excluding hydrogens is 428 g/mol. The third-order valence-corrected chi connectivity index (χ3v) is 4.56. The van der Waals surface area contributed by atoms with E-state index >= 15 is 0 Å². The van der Waals surface area contributed by atoms with Crippen LogP contribution in [0.25, 0.3) is 0 Å². The van der Waals surface area contributed by atoms with Gasteiger partial charge in [-0.15, -0.1) is 0 Å². The highest BCUT2D eigenvalue weighted by Crippen LogP contribution is 2.23. The van der Waals surface area contributed by atoms with E-state index in [9.17, 15) is 14.4 Å². The van der Waals surface area contributed by atoms with Crippen molar-refractivity contribution in [2.24, 2.45) is 0 Å². The van der Waals surface area contributed by atoms with Crippen molar-refractivity contribution >= 4 is 29.6 Å². The average molecular weight is 452 g/mol. The lowest BCUT2D eigenvalue weighted by molar-refractivity contribution is -0.136. The number of benzene rings is 2. The SMILES string of the molecule is COc1ccccc1NC(=O)Nc1nc(N(CCC(=O)O)Cc2cccc(C)c2)nc(=O)[nH]1. The number of carboxylic acids is 1. The fraction of sp³-hybridized carbons (Fsp3) is 0.227. The van der Waals surface area contributed by atoms with Crippen molar-refractivity contribution in [2.75, 3.05) is 29.2 Å². The summed E-state index contributed by atoms with van der Waals surface area (Å²) in [6, 6.07) is 13.8. The van der Waals surface area contributed by atoms with Gasteiger partial charge in [0.1, 0.15) is 5.75 Å². The maximum Gasteiger partial charge on any atom is 0.351 e. The smallest absolute Gasteiger partial charge is 0.351 e. The van der Waals surface area contributed by atoms with Gasteiger partial charge in [-0.3, -0.25) is 15.1 Å². The van der Waals surface area contributed by atoms with Gasteiger partial charge in [-0.05, 0) is 24.6 Å². The van der Waals surface area contributed by atoms with Gasteiger partial charge in [-0.25, -0.2) is 9.59 Å². The Morgan fingerprint density at radius 2 is 1.91 bits per heavy atom. The summed E-state index contributed by atoms with van der Waals surface area (Å²) in [7, 11) is 1.48. The van der Waals surface area contributed by atoms with Crippen LogP contribution in [0.1, 0.15) is 17.5 Å². The standard InChI is InChI=1S/C22H24N6O5/c1-14-6-5-7-15(12-14)13-28(11-10-18(29)30)20-24-19(26-22(32)27-20)25-21(31)23-16-8-3-4-9-17(16)33-2/h3-9,12H,10-11,13H2,1-2H3,(H,29,30)(H3,23,24,25,26,27,31,32). The number of para-hydroxylation sites is 2. The van der Waals surface area contributed by atoms with E-state index in [1.807, 2.05) is 31.2 Å². The second-order valence-corrected chi connectivity index (χ2v) is 7.14. The van der Waals surface area contributed by atoms with E-state index in [4.69, 9.17) is 9.84 Å². The van der Waals surface area contributed by atoms with E-state index in [1.54, 1.807) is 29.2 Å². The summed E-state index contributed by atoms with van der Waals surface area (Å²) in [4.78, 5) is 47.7. The minimum atomic E-state index is -0.997. The highest BCUT2D eigenvalue weighted by atomic mass is 16.5. The Hall–Kier alpha value is -4.41. The Morgan fingerprint density at radius 1 is 1.12 bits per heavy atom. The first kappa shape index (κ1) is 23.3. The van der Waals surface area contributed by atoms with Gasteiger partial charge < -0.3 is 20.1 Å². The molecule has 3 aromatic rings. The molecule has 0 atom stereocenters. The van der Waals surface area contributed by atoms with Gasteiger partial charge in [0.2, 0.25) is 11.9 Å². The number of carbonyl (C=O) groups is 2. The minimum absolute atomic E-state index is 0.00547. The van der Waals surface area contributed by atoms with Crippen LogP contribution in [0.2, 0.25) is 0 Å². The van der Waals surface area contributed by atoms with Crippen molar-refractivity contribution in [3.8, 4) is 5.75 Å². The van der Waals surface area contributed by atoms with Crippen LogP contribution in [0.4, 0.5) is 22.4 Å². The maximum atomic E-state index is 12.4. The number of carboxylic acid groups (broad SMARTS) is 1. The lowest BCUT2D eigenvalue weighted by atomic mass is 10.1. The number of carbonyl (C=O) groups excluding carboxylic acids is 1.